The molecule has 3 aromatic rings. The predicted octanol–water partition coefficient (Wildman–Crippen LogP) is 3.98. The maximum Gasteiger partial charge on any atom is 0.227 e. The van der Waals surface area contributed by atoms with E-state index in [9.17, 15) is 9.18 Å². The number of anilines is 1. The van der Waals surface area contributed by atoms with Gasteiger partial charge in [0.15, 0.2) is 5.58 Å². The van der Waals surface area contributed by atoms with Gasteiger partial charge >= 0.3 is 0 Å². The number of nitrogens with zero attached hydrogens (tertiary/aromatic N) is 1. The molecule has 0 aliphatic carbocycles. The van der Waals surface area contributed by atoms with Crippen molar-refractivity contribution < 1.29 is 13.6 Å². The van der Waals surface area contributed by atoms with E-state index in [0.29, 0.717) is 34.7 Å². The van der Waals surface area contributed by atoms with Gasteiger partial charge in [-0.05, 0) is 42.5 Å². The highest BCUT2D eigenvalue weighted by molar-refractivity contribution is 5.92. The average molecular weight is 284 g/mol. The van der Waals surface area contributed by atoms with E-state index in [1.165, 1.54) is 12.1 Å². The Balaban J connectivity index is 1.96. The zero-order valence-electron chi connectivity index (χ0n) is 11.4. The molecule has 2 aromatic carbocycles. The number of carbonyl (C=O) groups is 1. The minimum atomic E-state index is -0.306. The Morgan fingerprint density at radius 3 is 2.71 bits per heavy atom. The van der Waals surface area contributed by atoms with Crippen LogP contribution < -0.4 is 5.32 Å². The SMILES string of the molecule is CCC(=O)Nc1ccc2oc(-c3ccc(F)cc3)nc2c1. The van der Waals surface area contributed by atoms with E-state index in [0.717, 1.165) is 0 Å². The zero-order valence-corrected chi connectivity index (χ0v) is 11.4. The van der Waals surface area contributed by atoms with Crippen LogP contribution in [-0.2, 0) is 4.79 Å². The second kappa shape index (κ2) is 5.36. The molecule has 3 rings (SSSR count). The second-order valence-corrected chi connectivity index (χ2v) is 4.61. The Morgan fingerprint density at radius 1 is 1.24 bits per heavy atom. The van der Waals surface area contributed by atoms with Crippen molar-refractivity contribution in [1.82, 2.24) is 4.98 Å². The van der Waals surface area contributed by atoms with E-state index >= 15 is 0 Å². The fourth-order valence-electron chi connectivity index (χ4n) is 1.97. The fourth-order valence-corrected chi connectivity index (χ4v) is 1.97. The molecule has 106 valence electrons. The summed E-state index contributed by atoms with van der Waals surface area (Å²) in [6.45, 7) is 1.79. The standard InChI is InChI=1S/C16H13FN2O2/c1-2-15(20)18-12-7-8-14-13(9-12)19-16(21-14)10-3-5-11(17)6-4-10/h3-9H,2H2,1H3,(H,18,20). The van der Waals surface area contributed by atoms with Gasteiger partial charge in [-0.2, -0.15) is 0 Å². The molecule has 0 bridgehead atoms. The maximum absolute atomic E-state index is 12.9. The summed E-state index contributed by atoms with van der Waals surface area (Å²) in [5.41, 5.74) is 2.63. The van der Waals surface area contributed by atoms with E-state index in [4.69, 9.17) is 4.42 Å². The molecule has 0 radical (unpaired) electrons. The van der Waals surface area contributed by atoms with Crippen LogP contribution in [0.15, 0.2) is 46.9 Å². The molecule has 1 amide bonds. The number of carbonyl (C=O) groups excluding carboxylic acids is 1. The van der Waals surface area contributed by atoms with Gasteiger partial charge in [0.2, 0.25) is 11.8 Å². The van der Waals surface area contributed by atoms with E-state index in [1.54, 1.807) is 37.3 Å². The number of aromatic nitrogens is 1. The van der Waals surface area contributed by atoms with Crippen molar-refractivity contribution in [3.8, 4) is 11.5 Å². The lowest BCUT2D eigenvalue weighted by Gasteiger charge is -2.01. The number of hydrogen-bond acceptors (Lipinski definition) is 3. The summed E-state index contributed by atoms with van der Waals surface area (Å²) in [6.07, 6.45) is 0.414. The molecule has 0 aliphatic heterocycles. The number of rotatable bonds is 3. The Hall–Kier alpha value is -2.69. The summed E-state index contributed by atoms with van der Waals surface area (Å²) < 4.78 is 18.6. The molecule has 0 spiro atoms. The van der Waals surface area contributed by atoms with Gasteiger partial charge in [-0.25, -0.2) is 9.37 Å². The van der Waals surface area contributed by atoms with Gasteiger partial charge in [-0.3, -0.25) is 4.79 Å². The monoisotopic (exact) mass is 284 g/mol. The van der Waals surface area contributed by atoms with Gasteiger partial charge in [0.25, 0.3) is 0 Å². The third-order valence-electron chi connectivity index (χ3n) is 3.08. The van der Waals surface area contributed by atoms with E-state index in [1.807, 2.05) is 0 Å². The number of benzene rings is 2. The van der Waals surface area contributed by atoms with Crippen molar-refractivity contribution in [3.05, 3.63) is 48.3 Å². The Kier molecular flexibility index (Phi) is 3.39. The van der Waals surface area contributed by atoms with E-state index in [-0.39, 0.29) is 11.7 Å². The van der Waals surface area contributed by atoms with Crippen LogP contribution in [0, 0.1) is 5.82 Å². The van der Waals surface area contributed by atoms with Crippen LogP contribution in [0.3, 0.4) is 0 Å². The highest BCUT2D eigenvalue weighted by atomic mass is 19.1. The van der Waals surface area contributed by atoms with Crippen molar-refractivity contribution in [2.24, 2.45) is 0 Å². The van der Waals surface area contributed by atoms with Gasteiger partial charge in [0.05, 0.1) is 0 Å². The Labute approximate surface area is 120 Å². The number of hydrogen-bond donors (Lipinski definition) is 1. The van der Waals surface area contributed by atoms with Crippen LogP contribution in [0.1, 0.15) is 13.3 Å². The lowest BCUT2D eigenvalue weighted by molar-refractivity contribution is -0.115. The first-order chi connectivity index (χ1) is 10.2. The van der Waals surface area contributed by atoms with Gasteiger partial charge in [-0.15, -0.1) is 0 Å². The van der Waals surface area contributed by atoms with Crippen LogP contribution in [-0.4, -0.2) is 10.9 Å². The van der Waals surface area contributed by atoms with Crippen LogP contribution in [0.5, 0.6) is 0 Å². The van der Waals surface area contributed by atoms with Crippen molar-refractivity contribution in [1.29, 1.82) is 0 Å². The number of nitrogens with one attached hydrogen (secondary N) is 1. The van der Waals surface area contributed by atoms with Gasteiger partial charge < -0.3 is 9.73 Å². The molecular weight excluding hydrogens is 271 g/mol. The smallest absolute Gasteiger partial charge is 0.227 e. The molecule has 0 saturated heterocycles. The molecule has 0 aliphatic rings. The van der Waals surface area contributed by atoms with Crippen LogP contribution in [0.4, 0.5) is 10.1 Å². The fraction of sp³-hybridized carbons (Fsp3) is 0.125. The summed E-state index contributed by atoms with van der Waals surface area (Å²) in [5.74, 6) is 0.0556. The highest BCUT2D eigenvalue weighted by Crippen LogP contribution is 2.26. The molecule has 0 fully saturated rings. The quantitative estimate of drug-likeness (QED) is 0.791. The minimum Gasteiger partial charge on any atom is -0.436 e. The number of oxazole rings is 1. The molecule has 4 nitrogen and oxygen atoms in total. The average Bonchev–Trinajstić information content (AvgIpc) is 2.91. The Morgan fingerprint density at radius 2 is 2.00 bits per heavy atom. The van der Waals surface area contributed by atoms with Crippen LogP contribution in [0.25, 0.3) is 22.6 Å². The minimum absolute atomic E-state index is 0.0587. The van der Waals surface area contributed by atoms with Crippen LogP contribution in [0.2, 0.25) is 0 Å². The molecule has 1 N–H and O–H groups in total. The van der Waals surface area contributed by atoms with Gasteiger partial charge in [0.1, 0.15) is 11.3 Å². The third kappa shape index (κ3) is 2.76. The summed E-state index contributed by atoms with van der Waals surface area (Å²) >= 11 is 0. The first-order valence-electron chi connectivity index (χ1n) is 6.62. The first-order valence-corrected chi connectivity index (χ1v) is 6.62. The molecule has 5 heteroatoms. The first kappa shape index (κ1) is 13.3. The topological polar surface area (TPSA) is 55.1 Å². The molecular formula is C16H13FN2O2. The van der Waals surface area contributed by atoms with Crippen molar-refractivity contribution in [2.45, 2.75) is 13.3 Å². The van der Waals surface area contributed by atoms with Crippen molar-refractivity contribution >= 4 is 22.7 Å². The summed E-state index contributed by atoms with van der Waals surface area (Å²) in [5, 5.41) is 2.77. The van der Waals surface area contributed by atoms with Crippen LogP contribution >= 0.6 is 0 Å². The summed E-state index contributed by atoms with van der Waals surface area (Å²) in [6, 6.07) is 11.2. The Bertz CT molecular complexity index is 794. The van der Waals surface area contributed by atoms with E-state index in [2.05, 4.69) is 10.3 Å². The molecule has 0 saturated carbocycles. The number of halogens is 1. The predicted molar refractivity (Wildman–Crippen MR) is 78.3 cm³/mol. The summed E-state index contributed by atoms with van der Waals surface area (Å²) in [4.78, 5) is 15.8. The molecule has 21 heavy (non-hydrogen) atoms. The third-order valence-corrected chi connectivity index (χ3v) is 3.08. The number of fused-ring (bicyclic) bond motifs is 1. The van der Waals surface area contributed by atoms with Crippen molar-refractivity contribution in [2.75, 3.05) is 5.32 Å². The lowest BCUT2D eigenvalue weighted by Crippen LogP contribution is -2.08. The lowest BCUT2D eigenvalue weighted by atomic mass is 10.2. The van der Waals surface area contributed by atoms with Gasteiger partial charge in [-0.1, -0.05) is 6.92 Å². The summed E-state index contributed by atoms with van der Waals surface area (Å²) in [7, 11) is 0. The maximum atomic E-state index is 12.9. The molecule has 0 atom stereocenters. The van der Waals surface area contributed by atoms with Gasteiger partial charge in [0, 0.05) is 17.7 Å². The normalized spacial score (nSPS) is 10.8. The second-order valence-electron chi connectivity index (χ2n) is 4.61. The van der Waals surface area contributed by atoms with Crippen molar-refractivity contribution in [3.63, 3.8) is 0 Å². The van der Waals surface area contributed by atoms with E-state index < -0.39 is 0 Å². The largest absolute Gasteiger partial charge is 0.436 e. The number of amides is 1. The zero-order chi connectivity index (χ0) is 14.8. The molecule has 1 aromatic heterocycles. The highest BCUT2D eigenvalue weighted by Gasteiger charge is 2.09. The molecule has 1 heterocycles. The molecule has 0 unspecified atom stereocenters.